The number of furan rings is 2. The second-order valence-electron chi connectivity index (χ2n) is 23.7. The zero-order valence-corrected chi connectivity index (χ0v) is 51.1. The molecule has 17 aromatic rings. The average molecular weight is 1200 g/mol. The lowest BCUT2D eigenvalue weighted by molar-refractivity contribution is 0.667. The minimum atomic E-state index is 0.746. The van der Waals surface area contributed by atoms with Crippen LogP contribution in [0.3, 0.4) is 0 Å². The van der Waals surface area contributed by atoms with Gasteiger partial charge in [0.2, 0.25) is 0 Å². The van der Waals surface area contributed by atoms with E-state index in [1.165, 1.54) is 11.1 Å². The summed E-state index contributed by atoms with van der Waals surface area (Å²) < 4.78 is 13.1. The maximum atomic E-state index is 6.69. The second-order valence-corrected chi connectivity index (χ2v) is 23.7. The third kappa shape index (κ3) is 10.3. The van der Waals surface area contributed by atoms with Gasteiger partial charge in [0.25, 0.3) is 0 Å². The van der Waals surface area contributed by atoms with E-state index in [1.807, 2.05) is 42.9 Å². The Morgan fingerprint density at radius 1 is 0.245 bits per heavy atom. The predicted octanol–water partition coefficient (Wildman–Crippen LogP) is 24.6. The molecule has 0 aliphatic rings. The van der Waals surface area contributed by atoms with E-state index in [1.54, 1.807) is 0 Å². The van der Waals surface area contributed by atoms with Crippen LogP contribution in [0, 0.1) is 0 Å². The highest BCUT2D eigenvalue weighted by molar-refractivity contribution is 6.14. The first-order chi connectivity index (χ1) is 46.6. The van der Waals surface area contributed by atoms with Crippen molar-refractivity contribution in [1.29, 1.82) is 0 Å². The molecule has 442 valence electrons. The van der Waals surface area contributed by atoms with Gasteiger partial charge in [0.15, 0.2) is 16.7 Å². The molecule has 0 amide bonds. The van der Waals surface area contributed by atoms with E-state index in [9.17, 15) is 0 Å². The van der Waals surface area contributed by atoms with E-state index in [-0.39, 0.29) is 0 Å². The number of fused-ring (bicyclic) bond motifs is 6. The molecule has 94 heavy (non-hydrogen) atoms. The third-order valence-electron chi connectivity index (χ3n) is 18.1. The van der Waals surface area contributed by atoms with Crippen molar-refractivity contribution in [2.75, 3.05) is 9.80 Å². The molecular formula is C88H58N4O2. The van der Waals surface area contributed by atoms with Gasteiger partial charge in [0.1, 0.15) is 11.1 Å². The van der Waals surface area contributed by atoms with Gasteiger partial charge in [-0.05, 0) is 157 Å². The maximum Gasteiger partial charge on any atom is 0.161 e. The molecule has 0 N–H and O–H groups in total. The van der Waals surface area contributed by atoms with E-state index in [0.29, 0.717) is 0 Å². The van der Waals surface area contributed by atoms with E-state index < -0.39 is 0 Å². The van der Waals surface area contributed by atoms with Crippen molar-refractivity contribution in [2.24, 2.45) is 0 Å². The van der Waals surface area contributed by atoms with Gasteiger partial charge in [-0.15, -0.1) is 0 Å². The lowest BCUT2D eigenvalue weighted by Crippen LogP contribution is -2.12. The molecule has 13 aromatic carbocycles. The monoisotopic (exact) mass is 1200 g/mol. The number of anilines is 6. The standard InChI is InChI=1S/C88H58N4O2/c1-3-17-59(18-4-1)60-34-36-61(37-35-60)63-46-50-73(51-47-63)91(81-31-15-28-78-87-84(94-88(78)81)33-16-54-90-87)79-29-10-8-26-76(79)68-44-42-66(43-45-68)70-22-14-24-72(56-70)71-23-13-21-69(55-71)65-40-38-62(39-41-65)64-48-52-74(53-49-64)92(80-30-11-7-25-75(80)67-19-5-2-6-20-67)82-57-89-58-85-86(82)77-27-9-12-32-83(77)93-85/h1-58H. The van der Waals surface area contributed by atoms with Crippen molar-refractivity contribution in [2.45, 2.75) is 0 Å². The van der Waals surface area contributed by atoms with Crippen molar-refractivity contribution >= 4 is 78.1 Å². The number of aromatic nitrogens is 2. The molecule has 0 bridgehead atoms. The van der Waals surface area contributed by atoms with Gasteiger partial charge >= 0.3 is 0 Å². The summed E-state index contributed by atoms with van der Waals surface area (Å²) >= 11 is 0. The van der Waals surface area contributed by atoms with Crippen LogP contribution in [0.2, 0.25) is 0 Å². The minimum Gasteiger partial charge on any atom is -0.454 e. The van der Waals surface area contributed by atoms with Gasteiger partial charge in [0.05, 0.1) is 40.5 Å². The van der Waals surface area contributed by atoms with Gasteiger partial charge in [-0.25, -0.2) is 0 Å². The van der Waals surface area contributed by atoms with Crippen molar-refractivity contribution < 1.29 is 8.83 Å². The fourth-order valence-corrected chi connectivity index (χ4v) is 13.4. The molecule has 6 heteroatoms. The second kappa shape index (κ2) is 24.0. The summed E-state index contributed by atoms with van der Waals surface area (Å²) in [5, 5.41) is 3.04. The van der Waals surface area contributed by atoms with Crippen LogP contribution in [-0.2, 0) is 0 Å². The van der Waals surface area contributed by atoms with Crippen LogP contribution in [-0.4, -0.2) is 9.97 Å². The highest BCUT2D eigenvalue weighted by atomic mass is 16.3. The molecule has 4 heterocycles. The van der Waals surface area contributed by atoms with Crippen LogP contribution in [0.15, 0.2) is 361 Å². The van der Waals surface area contributed by atoms with Crippen LogP contribution >= 0.6 is 0 Å². The van der Waals surface area contributed by atoms with Gasteiger partial charge in [-0.2, -0.15) is 0 Å². The zero-order chi connectivity index (χ0) is 62.3. The Labute approximate surface area is 544 Å². The van der Waals surface area contributed by atoms with E-state index in [4.69, 9.17) is 18.8 Å². The topological polar surface area (TPSA) is 58.5 Å². The van der Waals surface area contributed by atoms with Crippen molar-refractivity contribution in [3.8, 4) is 89.0 Å². The van der Waals surface area contributed by atoms with Crippen molar-refractivity contribution in [3.63, 3.8) is 0 Å². The number of rotatable bonds is 14. The van der Waals surface area contributed by atoms with Crippen molar-refractivity contribution in [3.05, 3.63) is 352 Å². The Morgan fingerprint density at radius 3 is 1.19 bits per heavy atom. The van der Waals surface area contributed by atoms with Gasteiger partial charge in [0, 0.05) is 39.5 Å². The molecule has 17 rings (SSSR count). The summed E-state index contributed by atoms with van der Waals surface area (Å²) in [6.07, 6.45) is 5.60. The zero-order valence-electron chi connectivity index (χ0n) is 51.1. The summed E-state index contributed by atoms with van der Waals surface area (Å²) in [5.74, 6) is 0. The normalized spacial score (nSPS) is 11.4. The SMILES string of the molecule is c1ccc(-c2ccc(-c3ccc(N(c4ccccc4-c4ccc(-c5cccc(-c6cccc(-c7ccc(-c8ccc(N(c9ccccc9-c9ccccc9)c9cncc%10oc%11ccccc%11c9%10)cc8)cc7)c6)c5)cc4)c4cccc5c4oc4cccnc45)cc3)cc2)cc1. The van der Waals surface area contributed by atoms with Gasteiger partial charge in [-0.1, -0.05) is 255 Å². The number of nitrogens with zero attached hydrogens (tertiary/aromatic N) is 4. The largest absolute Gasteiger partial charge is 0.454 e. The highest BCUT2D eigenvalue weighted by Gasteiger charge is 2.25. The number of pyridine rings is 2. The Kier molecular flexibility index (Phi) is 14.1. The lowest BCUT2D eigenvalue weighted by Gasteiger charge is -2.28. The summed E-state index contributed by atoms with van der Waals surface area (Å²) in [6.45, 7) is 0. The molecule has 6 nitrogen and oxygen atoms in total. The van der Waals surface area contributed by atoms with Gasteiger partial charge < -0.3 is 18.6 Å². The van der Waals surface area contributed by atoms with E-state index in [2.05, 4.69) is 319 Å². The Bertz CT molecular complexity index is 5590. The molecule has 0 radical (unpaired) electrons. The van der Waals surface area contributed by atoms with Crippen LogP contribution in [0.4, 0.5) is 34.1 Å². The van der Waals surface area contributed by atoms with Crippen LogP contribution in [0.5, 0.6) is 0 Å². The summed E-state index contributed by atoms with van der Waals surface area (Å²) in [4.78, 5) is 14.1. The predicted molar refractivity (Wildman–Crippen MR) is 389 cm³/mol. The Hall–Kier alpha value is -12.6. The fourth-order valence-electron chi connectivity index (χ4n) is 13.4. The van der Waals surface area contributed by atoms with E-state index >= 15 is 0 Å². The molecule has 0 saturated carbocycles. The molecule has 0 saturated heterocycles. The molecule has 0 aliphatic carbocycles. The first-order valence-electron chi connectivity index (χ1n) is 31.7. The molecular weight excluding hydrogens is 1140 g/mol. The Morgan fingerprint density at radius 2 is 0.628 bits per heavy atom. The summed E-state index contributed by atoms with van der Waals surface area (Å²) in [6, 6.07) is 119. The smallest absolute Gasteiger partial charge is 0.161 e. The van der Waals surface area contributed by atoms with E-state index in [0.717, 1.165) is 156 Å². The van der Waals surface area contributed by atoms with Crippen LogP contribution < -0.4 is 9.80 Å². The van der Waals surface area contributed by atoms with Crippen molar-refractivity contribution in [1.82, 2.24) is 9.97 Å². The third-order valence-corrected chi connectivity index (χ3v) is 18.1. The summed E-state index contributed by atoms with van der Waals surface area (Å²) in [7, 11) is 0. The molecule has 0 atom stereocenters. The Balaban J connectivity index is 0.646. The first-order valence-corrected chi connectivity index (χ1v) is 31.7. The van der Waals surface area contributed by atoms with Crippen LogP contribution in [0.1, 0.15) is 0 Å². The number of hydrogen-bond acceptors (Lipinski definition) is 6. The number of para-hydroxylation sites is 4. The lowest BCUT2D eigenvalue weighted by atomic mass is 9.94. The molecule has 0 fully saturated rings. The number of hydrogen-bond donors (Lipinski definition) is 0. The molecule has 0 unspecified atom stereocenters. The maximum absolute atomic E-state index is 6.69. The summed E-state index contributed by atoms with van der Waals surface area (Å²) in [5.41, 5.74) is 28.2. The molecule has 0 aliphatic heterocycles. The average Bonchev–Trinajstić information content (AvgIpc) is 1.50. The molecule has 4 aromatic heterocycles. The van der Waals surface area contributed by atoms with Gasteiger partial charge in [-0.3, -0.25) is 9.97 Å². The quantitative estimate of drug-likeness (QED) is 0.108. The highest BCUT2D eigenvalue weighted by Crippen LogP contribution is 2.48. The first kappa shape index (κ1) is 55.4. The number of benzene rings is 13. The van der Waals surface area contributed by atoms with Crippen LogP contribution in [0.25, 0.3) is 133 Å². The molecule has 0 spiro atoms. The fraction of sp³-hybridized carbons (Fsp3) is 0. The minimum absolute atomic E-state index is 0.746.